The van der Waals surface area contributed by atoms with Crippen LogP contribution in [0.2, 0.25) is 0 Å². The Kier molecular flexibility index (Phi) is 6.69. The first kappa shape index (κ1) is 20.3. The predicted molar refractivity (Wildman–Crippen MR) is 103 cm³/mol. The standard InChI is InChI=1S/C17H21N3O4S.ClH/c1-20-6-5-11-14(9-20)25-17(18-11)19-16(21)10-7-12(22-2)15(24-4)13(8-10)23-3;/h7-8H,5-6,9H2,1-4H3,(H,18,19,21);1H. The summed E-state index contributed by atoms with van der Waals surface area (Å²) in [6.07, 6.45) is 0.905. The number of anilines is 1. The molecular formula is C17H22ClN3O4S. The fourth-order valence-corrected chi connectivity index (χ4v) is 3.84. The highest BCUT2D eigenvalue weighted by molar-refractivity contribution is 7.15. The summed E-state index contributed by atoms with van der Waals surface area (Å²) in [5.74, 6) is 1.06. The molecule has 1 aliphatic heterocycles. The summed E-state index contributed by atoms with van der Waals surface area (Å²) >= 11 is 1.52. The lowest BCUT2D eigenvalue weighted by Gasteiger charge is -2.20. The molecule has 142 valence electrons. The van der Waals surface area contributed by atoms with E-state index in [0.717, 1.165) is 25.2 Å². The average molecular weight is 400 g/mol. The highest BCUT2D eigenvalue weighted by Gasteiger charge is 2.21. The maximum Gasteiger partial charge on any atom is 0.257 e. The Morgan fingerprint density at radius 3 is 2.42 bits per heavy atom. The molecule has 1 aromatic carbocycles. The zero-order valence-electron chi connectivity index (χ0n) is 15.1. The predicted octanol–water partition coefficient (Wildman–Crippen LogP) is 2.83. The van der Waals surface area contributed by atoms with E-state index in [0.29, 0.717) is 27.9 Å². The SMILES string of the molecule is COc1cc(C(=O)Nc2nc3c(s2)CN(C)CC3)cc(OC)c1OC.Cl. The van der Waals surface area contributed by atoms with E-state index in [4.69, 9.17) is 14.2 Å². The summed E-state index contributed by atoms with van der Waals surface area (Å²) in [5.41, 5.74) is 1.49. The minimum absolute atomic E-state index is 0. The first-order chi connectivity index (χ1) is 12.0. The molecule has 0 saturated carbocycles. The quantitative estimate of drug-likeness (QED) is 0.833. The molecule has 0 spiro atoms. The number of carbonyl (C=O) groups is 1. The van der Waals surface area contributed by atoms with Crippen molar-refractivity contribution in [3.63, 3.8) is 0 Å². The number of fused-ring (bicyclic) bond motifs is 1. The van der Waals surface area contributed by atoms with Crippen LogP contribution in [0.1, 0.15) is 20.9 Å². The van der Waals surface area contributed by atoms with Crippen LogP contribution in [-0.2, 0) is 13.0 Å². The van der Waals surface area contributed by atoms with Crippen LogP contribution in [0.5, 0.6) is 17.2 Å². The Bertz CT molecular complexity index is 771. The first-order valence-electron chi connectivity index (χ1n) is 7.84. The lowest BCUT2D eigenvalue weighted by Crippen LogP contribution is -2.25. The summed E-state index contributed by atoms with van der Waals surface area (Å²) in [5, 5.41) is 3.48. The molecule has 2 heterocycles. The van der Waals surface area contributed by atoms with Gasteiger partial charge in [0.1, 0.15) is 0 Å². The van der Waals surface area contributed by atoms with Crippen LogP contribution in [0.15, 0.2) is 12.1 Å². The molecule has 7 nitrogen and oxygen atoms in total. The van der Waals surface area contributed by atoms with Gasteiger partial charge in [0, 0.05) is 30.0 Å². The highest BCUT2D eigenvalue weighted by Crippen LogP contribution is 2.38. The van der Waals surface area contributed by atoms with E-state index >= 15 is 0 Å². The molecule has 2 aromatic rings. The Hall–Kier alpha value is -2.03. The summed E-state index contributed by atoms with van der Waals surface area (Å²) < 4.78 is 15.9. The van der Waals surface area contributed by atoms with Gasteiger partial charge < -0.3 is 19.1 Å². The number of nitrogens with one attached hydrogen (secondary N) is 1. The summed E-state index contributed by atoms with van der Waals surface area (Å²) in [7, 11) is 6.64. The molecule has 1 N–H and O–H groups in total. The second kappa shape index (κ2) is 8.57. The molecule has 3 rings (SSSR count). The van der Waals surface area contributed by atoms with E-state index in [1.807, 2.05) is 0 Å². The Balaban J connectivity index is 0.00000243. The largest absolute Gasteiger partial charge is 0.493 e. The molecule has 1 aromatic heterocycles. The van der Waals surface area contributed by atoms with Crippen molar-refractivity contribution in [2.45, 2.75) is 13.0 Å². The third-order valence-corrected chi connectivity index (χ3v) is 5.07. The molecule has 0 bridgehead atoms. The van der Waals surface area contributed by atoms with Gasteiger partial charge in [0.2, 0.25) is 5.75 Å². The smallest absolute Gasteiger partial charge is 0.257 e. The minimum atomic E-state index is -0.265. The van der Waals surface area contributed by atoms with Crippen molar-refractivity contribution < 1.29 is 19.0 Å². The average Bonchev–Trinajstić information content (AvgIpc) is 3.01. The van der Waals surface area contributed by atoms with Gasteiger partial charge in [0.05, 0.1) is 27.0 Å². The number of halogens is 1. The molecule has 0 fully saturated rings. The number of nitrogens with zero attached hydrogens (tertiary/aromatic N) is 2. The minimum Gasteiger partial charge on any atom is -0.493 e. The number of likely N-dealkylation sites (N-methyl/N-ethyl adjacent to an activating group) is 1. The van der Waals surface area contributed by atoms with Crippen molar-refractivity contribution >= 4 is 34.8 Å². The second-order valence-electron chi connectivity index (χ2n) is 5.74. The molecule has 1 aliphatic rings. The first-order valence-corrected chi connectivity index (χ1v) is 8.65. The van der Waals surface area contributed by atoms with Crippen molar-refractivity contribution in [1.82, 2.24) is 9.88 Å². The van der Waals surface area contributed by atoms with E-state index < -0.39 is 0 Å². The molecule has 0 radical (unpaired) electrons. The van der Waals surface area contributed by atoms with Gasteiger partial charge in [-0.1, -0.05) is 0 Å². The number of carbonyl (C=O) groups excluding carboxylic acids is 1. The maximum absolute atomic E-state index is 12.6. The number of hydrogen-bond acceptors (Lipinski definition) is 7. The number of aromatic nitrogens is 1. The van der Waals surface area contributed by atoms with Crippen LogP contribution in [-0.4, -0.2) is 50.7 Å². The van der Waals surface area contributed by atoms with Gasteiger partial charge in [0.25, 0.3) is 5.91 Å². The van der Waals surface area contributed by atoms with Crippen molar-refractivity contribution in [3.05, 3.63) is 28.3 Å². The summed E-state index contributed by atoms with van der Waals surface area (Å²) in [4.78, 5) is 20.6. The Labute approximate surface area is 162 Å². The molecular weight excluding hydrogens is 378 g/mol. The van der Waals surface area contributed by atoms with E-state index in [2.05, 4.69) is 22.2 Å². The van der Waals surface area contributed by atoms with Crippen LogP contribution in [0.3, 0.4) is 0 Å². The number of hydrogen-bond donors (Lipinski definition) is 1. The van der Waals surface area contributed by atoms with Gasteiger partial charge in [-0.25, -0.2) is 4.98 Å². The monoisotopic (exact) mass is 399 g/mol. The van der Waals surface area contributed by atoms with Crippen molar-refractivity contribution in [2.75, 3.05) is 40.2 Å². The molecule has 1 amide bonds. The van der Waals surface area contributed by atoms with Crippen LogP contribution >= 0.6 is 23.7 Å². The van der Waals surface area contributed by atoms with E-state index in [1.54, 1.807) is 12.1 Å². The van der Waals surface area contributed by atoms with E-state index in [1.165, 1.54) is 37.5 Å². The fourth-order valence-electron chi connectivity index (χ4n) is 2.76. The zero-order chi connectivity index (χ0) is 18.0. The third-order valence-electron chi connectivity index (χ3n) is 4.07. The van der Waals surface area contributed by atoms with Crippen LogP contribution in [0, 0.1) is 0 Å². The highest BCUT2D eigenvalue weighted by atomic mass is 35.5. The molecule has 0 aliphatic carbocycles. The molecule has 0 saturated heterocycles. The van der Waals surface area contributed by atoms with Crippen molar-refractivity contribution in [3.8, 4) is 17.2 Å². The van der Waals surface area contributed by atoms with Gasteiger partial charge in [-0.2, -0.15) is 0 Å². The summed E-state index contributed by atoms with van der Waals surface area (Å²) in [6.45, 7) is 1.85. The number of benzene rings is 1. The number of thiazole rings is 1. The van der Waals surface area contributed by atoms with Crippen LogP contribution < -0.4 is 19.5 Å². The number of ether oxygens (including phenoxy) is 3. The second-order valence-corrected chi connectivity index (χ2v) is 6.83. The summed E-state index contributed by atoms with van der Waals surface area (Å²) in [6, 6.07) is 3.25. The molecule has 0 unspecified atom stereocenters. The van der Waals surface area contributed by atoms with Crippen molar-refractivity contribution in [2.24, 2.45) is 0 Å². The zero-order valence-corrected chi connectivity index (χ0v) is 16.8. The number of methoxy groups -OCH3 is 3. The van der Waals surface area contributed by atoms with Gasteiger partial charge in [-0.3, -0.25) is 10.1 Å². The normalized spacial score (nSPS) is 13.4. The third kappa shape index (κ3) is 4.03. The molecule has 0 atom stereocenters. The topological polar surface area (TPSA) is 72.9 Å². The van der Waals surface area contributed by atoms with E-state index in [9.17, 15) is 4.79 Å². The Morgan fingerprint density at radius 2 is 1.85 bits per heavy atom. The number of amides is 1. The molecule has 9 heteroatoms. The van der Waals surface area contributed by atoms with Gasteiger partial charge in [-0.05, 0) is 19.2 Å². The number of rotatable bonds is 5. The van der Waals surface area contributed by atoms with Crippen molar-refractivity contribution in [1.29, 1.82) is 0 Å². The molecule has 26 heavy (non-hydrogen) atoms. The fraction of sp³-hybridized carbons (Fsp3) is 0.412. The van der Waals surface area contributed by atoms with Gasteiger partial charge in [-0.15, -0.1) is 23.7 Å². The van der Waals surface area contributed by atoms with Crippen LogP contribution in [0.25, 0.3) is 0 Å². The van der Waals surface area contributed by atoms with Crippen LogP contribution in [0.4, 0.5) is 5.13 Å². The van der Waals surface area contributed by atoms with Gasteiger partial charge in [0.15, 0.2) is 16.6 Å². The lowest BCUT2D eigenvalue weighted by molar-refractivity contribution is 0.102. The van der Waals surface area contributed by atoms with E-state index in [-0.39, 0.29) is 18.3 Å². The van der Waals surface area contributed by atoms with Gasteiger partial charge >= 0.3 is 0 Å². The lowest BCUT2D eigenvalue weighted by atomic mass is 10.1. The Morgan fingerprint density at radius 1 is 1.19 bits per heavy atom. The maximum atomic E-state index is 12.6.